The van der Waals surface area contributed by atoms with E-state index in [4.69, 9.17) is 28.3 Å². The molecule has 0 aromatic heterocycles. The number of rotatable bonds is 3. The van der Waals surface area contributed by atoms with Gasteiger partial charge in [-0.1, -0.05) is 65.7 Å². The molecule has 32 heavy (non-hydrogen) atoms. The van der Waals surface area contributed by atoms with Gasteiger partial charge in [0.1, 0.15) is 0 Å². The van der Waals surface area contributed by atoms with E-state index < -0.39 is 9.84 Å². The molecule has 0 N–H and O–H groups in total. The standard InChI is InChI=1S/C25H20Cl2N2O2S/c26-20-10-6-17(7-11-20)14-19-15-32(30,31)16-23-24(19)28-29(22-4-2-1-3-5-22)25(23)18-8-12-21(27)13-9-18/h1-14,23,25H,15-16H2/b19-14-. The van der Waals surface area contributed by atoms with Crippen LogP contribution in [-0.4, -0.2) is 25.6 Å². The van der Waals surface area contributed by atoms with Crippen LogP contribution in [0.2, 0.25) is 10.0 Å². The van der Waals surface area contributed by atoms with Gasteiger partial charge in [-0.3, -0.25) is 5.01 Å². The molecule has 2 unspecified atom stereocenters. The Hall–Kier alpha value is -2.60. The summed E-state index contributed by atoms with van der Waals surface area (Å²) in [5, 5.41) is 8.20. The Balaban J connectivity index is 1.65. The topological polar surface area (TPSA) is 49.7 Å². The maximum Gasteiger partial charge on any atom is 0.155 e. The third-order valence-electron chi connectivity index (χ3n) is 5.79. The molecule has 5 rings (SSSR count). The lowest BCUT2D eigenvalue weighted by atomic mass is 9.87. The van der Waals surface area contributed by atoms with Crippen molar-refractivity contribution in [2.45, 2.75) is 6.04 Å². The molecule has 1 fully saturated rings. The molecule has 1 saturated heterocycles. The minimum atomic E-state index is -3.30. The van der Waals surface area contributed by atoms with Crippen molar-refractivity contribution in [3.05, 3.63) is 106 Å². The van der Waals surface area contributed by atoms with Gasteiger partial charge in [0.05, 0.1) is 28.9 Å². The quantitative estimate of drug-likeness (QED) is 0.457. The Morgan fingerprint density at radius 2 is 1.50 bits per heavy atom. The van der Waals surface area contributed by atoms with Gasteiger partial charge in [0, 0.05) is 16.0 Å². The number of benzene rings is 3. The molecule has 162 valence electrons. The highest BCUT2D eigenvalue weighted by atomic mass is 35.5. The molecule has 3 aromatic rings. The fraction of sp³-hybridized carbons (Fsp3) is 0.160. The third kappa shape index (κ3) is 4.20. The van der Waals surface area contributed by atoms with Crippen LogP contribution in [0.15, 0.2) is 89.5 Å². The summed E-state index contributed by atoms with van der Waals surface area (Å²) in [4.78, 5) is 0. The van der Waals surface area contributed by atoms with Crippen molar-refractivity contribution in [3.63, 3.8) is 0 Å². The maximum absolute atomic E-state index is 13.0. The molecule has 2 atom stereocenters. The van der Waals surface area contributed by atoms with E-state index in [0.717, 1.165) is 28.1 Å². The lowest BCUT2D eigenvalue weighted by Gasteiger charge is -2.30. The number of anilines is 1. The molecule has 0 amide bonds. The number of nitrogens with zero attached hydrogens (tertiary/aromatic N) is 2. The largest absolute Gasteiger partial charge is 0.257 e. The summed E-state index contributed by atoms with van der Waals surface area (Å²) in [7, 11) is -3.30. The van der Waals surface area contributed by atoms with E-state index in [2.05, 4.69) is 0 Å². The number of fused-ring (bicyclic) bond motifs is 1. The summed E-state index contributed by atoms with van der Waals surface area (Å²) in [5.41, 5.74) is 4.33. The van der Waals surface area contributed by atoms with Crippen molar-refractivity contribution in [3.8, 4) is 0 Å². The molecule has 3 aromatic carbocycles. The summed E-state index contributed by atoms with van der Waals surface area (Å²) in [5.74, 6) is -0.255. The van der Waals surface area contributed by atoms with Gasteiger partial charge < -0.3 is 0 Å². The first-order chi connectivity index (χ1) is 15.4. The van der Waals surface area contributed by atoms with Crippen molar-refractivity contribution in [1.82, 2.24) is 0 Å². The molecule has 0 bridgehead atoms. The number of hydrazone groups is 1. The molecule has 0 saturated carbocycles. The lowest BCUT2D eigenvalue weighted by molar-refractivity contribution is 0.554. The van der Waals surface area contributed by atoms with Crippen LogP contribution in [0.3, 0.4) is 0 Å². The van der Waals surface area contributed by atoms with E-state index in [1.165, 1.54) is 0 Å². The Morgan fingerprint density at radius 1 is 0.875 bits per heavy atom. The third-order valence-corrected chi connectivity index (χ3v) is 7.91. The van der Waals surface area contributed by atoms with E-state index in [1.54, 1.807) is 12.1 Å². The zero-order valence-corrected chi connectivity index (χ0v) is 19.4. The first kappa shape index (κ1) is 21.3. The number of hydrogen-bond donors (Lipinski definition) is 0. The molecular weight excluding hydrogens is 463 g/mol. The molecule has 0 aliphatic carbocycles. The fourth-order valence-corrected chi connectivity index (χ4v) is 6.36. The molecule has 2 heterocycles. The maximum atomic E-state index is 13.0. The molecule has 0 radical (unpaired) electrons. The zero-order valence-electron chi connectivity index (χ0n) is 17.0. The molecule has 2 aliphatic heterocycles. The Morgan fingerprint density at radius 3 is 2.16 bits per heavy atom. The van der Waals surface area contributed by atoms with Gasteiger partial charge in [-0.05, 0) is 59.2 Å². The van der Waals surface area contributed by atoms with E-state index in [1.807, 2.05) is 77.8 Å². The van der Waals surface area contributed by atoms with Gasteiger partial charge in [-0.15, -0.1) is 0 Å². The van der Waals surface area contributed by atoms with Crippen LogP contribution >= 0.6 is 23.2 Å². The fourth-order valence-electron chi connectivity index (χ4n) is 4.40. The monoisotopic (exact) mass is 482 g/mol. The van der Waals surface area contributed by atoms with Gasteiger partial charge in [0.2, 0.25) is 0 Å². The van der Waals surface area contributed by atoms with Crippen LogP contribution in [-0.2, 0) is 9.84 Å². The van der Waals surface area contributed by atoms with Crippen molar-refractivity contribution in [2.24, 2.45) is 11.0 Å². The highest BCUT2D eigenvalue weighted by Gasteiger charge is 2.46. The Labute approximate surface area is 197 Å². The summed E-state index contributed by atoms with van der Waals surface area (Å²) in [6.07, 6.45) is 1.91. The minimum absolute atomic E-state index is 0.0269. The lowest BCUT2D eigenvalue weighted by Crippen LogP contribution is -2.37. The highest BCUT2D eigenvalue weighted by molar-refractivity contribution is 7.91. The second-order valence-electron chi connectivity index (χ2n) is 8.04. The van der Waals surface area contributed by atoms with E-state index in [9.17, 15) is 8.42 Å². The van der Waals surface area contributed by atoms with Gasteiger partial charge in [0.25, 0.3) is 0 Å². The summed E-state index contributed by atoms with van der Waals surface area (Å²) in [6.45, 7) is 0. The number of para-hydroxylation sites is 1. The molecular formula is C25H20Cl2N2O2S. The van der Waals surface area contributed by atoms with E-state index in [-0.39, 0.29) is 23.5 Å². The smallest absolute Gasteiger partial charge is 0.155 e. The normalized spacial score (nSPS) is 23.1. The summed E-state index contributed by atoms with van der Waals surface area (Å²) in [6, 6.07) is 24.5. The second-order valence-corrected chi connectivity index (χ2v) is 11.0. The van der Waals surface area contributed by atoms with Crippen LogP contribution in [0.5, 0.6) is 0 Å². The average Bonchev–Trinajstić information content (AvgIpc) is 3.15. The Kier molecular flexibility index (Phi) is 5.58. The molecule has 0 spiro atoms. The van der Waals surface area contributed by atoms with Crippen molar-refractivity contribution >= 4 is 50.5 Å². The molecule has 2 aliphatic rings. The SMILES string of the molecule is O=S1(=O)C/C(=C/c2ccc(Cl)cc2)C2=NN(c3ccccc3)C(c3ccc(Cl)cc3)C2C1. The van der Waals surface area contributed by atoms with Crippen LogP contribution in [0, 0.1) is 5.92 Å². The van der Waals surface area contributed by atoms with Crippen molar-refractivity contribution in [1.29, 1.82) is 0 Å². The second kappa shape index (κ2) is 8.39. The summed E-state index contributed by atoms with van der Waals surface area (Å²) < 4.78 is 25.9. The van der Waals surface area contributed by atoms with E-state index >= 15 is 0 Å². The minimum Gasteiger partial charge on any atom is -0.257 e. The van der Waals surface area contributed by atoms with Crippen LogP contribution in [0.25, 0.3) is 6.08 Å². The van der Waals surface area contributed by atoms with Crippen LogP contribution < -0.4 is 5.01 Å². The van der Waals surface area contributed by atoms with Gasteiger partial charge in [-0.2, -0.15) is 5.10 Å². The molecule has 7 heteroatoms. The van der Waals surface area contributed by atoms with Crippen LogP contribution in [0.1, 0.15) is 17.2 Å². The van der Waals surface area contributed by atoms with Gasteiger partial charge >= 0.3 is 0 Å². The van der Waals surface area contributed by atoms with E-state index in [0.29, 0.717) is 10.0 Å². The van der Waals surface area contributed by atoms with Crippen molar-refractivity contribution < 1.29 is 8.42 Å². The first-order valence-electron chi connectivity index (χ1n) is 10.2. The number of hydrogen-bond acceptors (Lipinski definition) is 4. The molecule has 4 nitrogen and oxygen atoms in total. The van der Waals surface area contributed by atoms with Crippen LogP contribution in [0.4, 0.5) is 5.69 Å². The summed E-state index contributed by atoms with van der Waals surface area (Å²) >= 11 is 12.1. The number of halogens is 2. The average molecular weight is 483 g/mol. The predicted molar refractivity (Wildman–Crippen MR) is 132 cm³/mol. The number of sulfone groups is 1. The predicted octanol–water partition coefficient (Wildman–Crippen LogP) is 6.04. The Bertz CT molecular complexity index is 1300. The highest BCUT2D eigenvalue weighted by Crippen LogP contribution is 2.44. The zero-order chi connectivity index (χ0) is 22.3. The first-order valence-corrected chi connectivity index (χ1v) is 12.8. The van der Waals surface area contributed by atoms with Crippen molar-refractivity contribution in [2.75, 3.05) is 16.5 Å². The van der Waals surface area contributed by atoms with Gasteiger partial charge in [-0.25, -0.2) is 8.42 Å². The van der Waals surface area contributed by atoms with Gasteiger partial charge in [0.15, 0.2) is 9.84 Å².